The molecular formula is C50H84N8O16. The third kappa shape index (κ3) is 12.3. The number of aliphatic hydroxyl groups is 3. The second-order valence-electron chi connectivity index (χ2n) is 23.4. The Balaban J connectivity index is 1.72. The molecule has 24 heteroatoms. The van der Waals surface area contributed by atoms with Crippen molar-refractivity contribution >= 4 is 47.4 Å². The number of hydrogen-bond acceptors (Lipinski definition) is 18. The molecule has 0 aliphatic carbocycles. The van der Waals surface area contributed by atoms with Crippen molar-refractivity contribution in [3.05, 3.63) is 0 Å². The van der Waals surface area contributed by atoms with Crippen molar-refractivity contribution in [2.24, 2.45) is 29.1 Å². The number of carbonyl (C=O) groups excluding carboxylic acids is 8. The van der Waals surface area contributed by atoms with Gasteiger partial charge in [-0.15, -0.1) is 0 Å². The smallest absolute Gasteiger partial charge is 0.332 e. The Morgan fingerprint density at radius 2 is 1.50 bits per heavy atom. The van der Waals surface area contributed by atoms with Crippen molar-refractivity contribution < 1.29 is 78.3 Å². The van der Waals surface area contributed by atoms with Gasteiger partial charge in [0.05, 0.1) is 17.1 Å². The summed E-state index contributed by atoms with van der Waals surface area (Å²) >= 11 is 0. The Morgan fingerprint density at radius 1 is 0.865 bits per heavy atom. The summed E-state index contributed by atoms with van der Waals surface area (Å²) in [6.45, 7) is 17.2. The average Bonchev–Trinajstić information content (AvgIpc) is 3.65. The van der Waals surface area contributed by atoms with Gasteiger partial charge in [0, 0.05) is 33.1 Å². The van der Waals surface area contributed by atoms with Crippen LogP contribution in [0.15, 0.2) is 0 Å². The predicted molar refractivity (Wildman–Crippen MR) is 261 cm³/mol. The molecule has 11 atom stereocenters. The second kappa shape index (κ2) is 23.4. The number of likely N-dealkylation sites (N-methyl/N-ethyl adjacent to an activating group) is 1. The van der Waals surface area contributed by atoms with E-state index in [4.69, 9.17) is 14.2 Å². The highest BCUT2D eigenvalue weighted by atomic mass is 16.7. The number of hydrogen-bond donors (Lipinski definition) is 6. The number of nitrogens with zero attached hydrogens (tertiary/aromatic N) is 7. The number of carbonyl (C=O) groups is 8. The van der Waals surface area contributed by atoms with Gasteiger partial charge in [-0.05, 0) is 110 Å². The van der Waals surface area contributed by atoms with Gasteiger partial charge in [-0.1, -0.05) is 48.5 Å². The fraction of sp³-hybridized carbons (Fsp3) is 0.840. The maximum Gasteiger partial charge on any atom is 0.332 e. The zero-order chi connectivity index (χ0) is 55.7. The highest BCUT2D eigenvalue weighted by Crippen LogP contribution is 2.43. The zero-order valence-corrected chi connectivity index (χ0v) is 45.6. The molecule has 5 heterocycles. The molecule has 5 rings (SSSR count). The molecule has 6 N–H and O–H groups in total. The Kier molecular flexibility index (Phi) is 19.0. The molecule has 6 amide bonds. The van der Waals surface area contributed by atoms with Gasteiger partial charge in [-0.2, -0.15) is 5.01 Å². The molecular weight excluding hydrogens is 969 g/mol. The third-order valence-electron chi connectivity index (χ3n) is 15.2. The molecule has 74 heavy (non-hydrogen) atoms. The van der Waals surface area contributed by atoms with E-state index in [9.17, 15) is 54.5 Å². The lowest BCUT2D eigenvalue weighted by Gasteiger charge is -2.50. The van der Waals surface area contributed by atoms with Gasteiger partial charge in [-0.25, -0.2) is 20.3 Å². The number of nitrogens with one attached hydrogen (secondary N) is 1. The number of cyclic esters (lactones) is 1. The molecule has 0 spiro atoms. The van der Waals surface area contributed by atoms with Gasteiger partial charge >= 0.3 is 11.9 Å². The van der Waals surface area contributed by atoms with E-state index in [2.05, 4.69) is 5.43 Å². The first-order chi connectivity index (χ1) is 34.2. The lowest BCUT2D eigenvalue weighted by molar-refractivity contribution is -0.331. The van der Waals surface area contributed by atoms with Gasteiger partial charge < -0.3 is 39.3 Å². The van der Waals surface area contributed by atoms with Gasteiger partial charge in [0.15, 0.2) is 18.4 Å². The van der Waals surface area contributed by atoms with Crippen molar-refractivity contribution in [2.45, 2.75) is 200 Å². The Labute approximate surface area is 434 Å². The van der Waals surface area contributed by atoms with Crippen LogP contribution >= 0.6 is 0 Å². The van der Waals surface area contributed by atoms with E-state index in [1.165, 1.54) is 39.6 Å². The van der Waals surface area contributed by atoms with E-state index >= 15 is 9.59 Å². The molecule has 5 saturated heterocycles. The van der Waals surface area contributed by atoms with Crippen molar-refractivity contribution in [3.8, 4) is 0 Å². The van der Waals surface area contributed by atoms with Gasteiger partial charge in [0.1, 0.15) is 36.8 Å². The largest absolute Gasteiger partial charge is 0.458 e. The van der Waals surface area contributed by atoms with E-state index in [1.54, 1.807) is 20.8 Å². The third-order valence-corrected chi connectivity index (χ3v) is 15.2. The summed E-state index contributed by atoms with van der Waals surface area (Å²) < 4.78 is 18.1. The van der Waals surface area contributed by atoms with Crippen LogP contribution in [0.25, 0.3) is 0 Å². The molecule has 0 radical (unpaired) electrons. The summed E-state index contributed by atoms with van der Waals surface area (Å²) in [4.78, 5) is 119. The summed E-state index contributed by atoms with van der Waals surface area (Å²) in [6.07, 6.45) is -0.826. The first-order valence-electron chi connectivity index (χ1n) is 26.2. The van der Waals surface area contributed by atoms with Crippen molar-refractivity contribution in [3.63, 3.8) is 0 Å². The molecule has 5 aliphatic rings. The summed E-state index contributed by atoms with van der Waals surface area (Å²) in [6, 6.07) is -8.81. The molecule has 0 bridgehead atoms. The normalized spacial score (nSPS) is 32.7. The van der Waals surface area contributed by atoms with E-state index < -0.39 is 137 Å². The maximum absolute atomic E-state index is 16.0. The van der Waals surface area contributed by atoms with Crippen LogP contribution in [-0.2, 0) is 52.6 Å². The molecule has 0 aromatic rings. The molecule has 0 aromatic carbocycles. The van der Waals surface area contributed by atoms with Gasteiger partial charge in [0.25, 0.3) is 29.5 Å². The van der Waals surface area contributed by atoms with Crippen molar-refractivity contribution in [1.29, 1.82) is 0 Å². The number of esters is 2. The van der Waals surface area contributed by atoms with E-state index in [1.807, 2.05) is 20.8 Å². The van der Waals surface area contributed by atoms with E-state index in [-0.39, 0.29) is 73.7 Å². The lowest BCUT2D eigenvalue weighted by atomic mass is 9.78. The molecule has 5 fully saturated rings. The second-order valence-corrected chi connectivity index (χ2v) is 23.4. The first kappa shape index (κ1) is 60.3. The lowest BCUT2D eigenvalue weighted by Crippen LogP contribution is -2.71. The molecule has 24 nitrogen and oxygen atoms in total. The van der Waals surface area contributed by atoms with Crippen LogP contribution < -0.4 is 5.43 Å². The standard InChI is InChI=1S/C50H84N8O16/c1-14-34-31(25-28(2)3)19-20-50(69,74-34)49(12,68)45(65)52(13)37-38(30(6)7)73-44(64)36(29(4)5)58(71)43(63)39-48(11,67)21-24-54(39)40(60)32-17-15-22-51-56(32)35(59)26-55(70)41(61)33-18-16-23-53(57(33)42(37)62)27-72-46(66)47(8,9)10/h28-34,36-39,51,67-71H,14-27H2,1-13H3. The Morgan fingerprint density at radius 3 is 2.08 bits per heavy atom. The number of hydrazine groups is 2. The minimum Gasteiger partial charge on any atom is -0.458 e. The van der Waals surface area contributed by atoms with Crippen molar-refractivity contribution in [1.82, 2.24) is 40.4 Å². The minimum absolute atomic E-state index is 0.0255. The minimum atomic E-state index is -2.81. The summed E-state index contributed by atoms with van der Waals surface area (Å²) in [5, 5.41) is 62.9. The van der Waals surface area contributed by atoms with Crippen LogP contribution in [0.3, 0.4) is 0 Å². The predicted octanol–water partition coefficient (Wildman–Crippen LogP) is 1.15. The van der Waals surface area contributed by atoms with Gasteiger partial charge in [0.2, 0.25) is 11.7 Å². The molecule has 0 saturated carbocycles. The highest BCUT2D eigenvalue weighted by molar-refractivity contribution is 5.97. The maximum atomic E-state index is 16.0. The molecule has 5 aliphatic heterocycles. The molecule has 420 valence electrons. The van der Waals surface area contributed by atoms with Crippen LogP contribution in [0.2, 0.25) is 0 Å². The monoisotopic (exact) mass is 1050 g/mol. The van der Waals surface area contributed by atoms with Gasteiger partial charge in [-0.3, -0.25) is 54.0 Å². The SMILES string of the molecule is CCC1OC(O)(C(C)(O)C(=O)N(C)C2C(=O)N3C(CCCN3COC(=O)C(C)(C)C)C(=O)N(O)CC(=O)N3NCCCC3C(=O)N3CCC(C)(O)C3C(=O)N(O)C(C(C)C)C(=O)OC2C(C)C)CCC1CC(C)C. The topological polar surface area (TPSA) is 300 Å². The highest BCUT2D eigenvalue weighted by Gasteiger charge is 2.60. The van der Waals surface area contributed by atoms with Crippen LogP contribution in [0.1, 0.15) is 141 Å². The summed E-state index contributed by atoms with van der Waals surface area (Å²) in [5.74, 6) is -13.0. The van der Waals surface area contributed by atoms with Crippen LogP contribution in [0.4, 0.5) is 0 Å². The van der Waals surface area contributed by atoms with Crippen molar-refractivity contribution in [2.75, 3.05) is 40.0 Å². The fourth-order valence-electron chi connectivity index (χ4n) is 11.0. The molecule has 11 unspecified atom stereocenters. The van der Waals surface area contributed by atoms with Crippen LogP contribution in [0.5, 0.6) is 0 Å². The molecule has 0 aromatic heterocycles. The Bertz CT molecular complexity index is 2100. The van der Waals surface area contributed by atoms with E-state index in [0.29, 0.717) is 19.3 Å². The number of hydroxylamine groups is 4. The number of amides is 6. The van der Waals surface area contributed by atoms with Crippen LogP contribution in [0, 0.1) is 29.1 Å². The Hall–Kier alpha value is -4.56. The quantitative estimate of drug-likeness (QED) is 0.132. The number of rotatable bonds is 10. The first-order valence-corrected chi connectivity index (χ1v) is 26.2. The average molecular weight is 1050 g/mol. The summed E-state index contributed by atoms with van der Waals surface area (Å²) in [5.41, 5.74) is -3.00. The number of ether oxygens (including phenoxy) is 3. The number of fused-ring (bicyclic) bond motifs is 3. The van der Waals surface area contributed by atoms with Crippen LogP contribution in [-0.4, -0.2) is 207 Å². The fourth-order valence-corrected chi connectivity index (χ4v) is 11.0. The van der Waals surface area contributed by atoms with E-state index in [0.717, 1.165) is 40.2 Å². The summed E-state index contributed by atoms with van der Waals surface area (Å²) in [7, 11) is 1.11. The zero-order valence-electron chi connectivity index (χ0n) is 45.6.